The molecular formula is C16H21Cl2N5OS. The maximum Gasteiger partial charge on any atom is 0.233 e. The van der Waals surface area contributed by atoms with E-state index in [-0.39, 0.29) is 22.7 Å². The number of benzene rings is 1. The number of thioether (sulfide) groups is 1. The minimum atomic E-state index is -0.361. The zero-order chi connectivity index (χ0) is 18.8. The van der Waals surface area contributed by atoms with Crippen molar-refractivity contribution in [2.45, 2.75) is 56.6 Å². The molecule has 0 spiro atoms. The number of aromatic nitrogens is 4. The molecule has 1 aromatic heterocycles. The molecule has 1 N–H and O–H groups in total. The van der Waals surface area contributed by atoms with Crippen molar-refractivity contribution in [3.63, 3.8) is 0 Å². The van der Waals surface area contributed by atoms with Crippen LogP contribution in [-0.2, 0) is 10.3 Å². The number of hydrogen-bond acceptors (Lipinski definition) is 5. The summed E-state index contributed by atoms with van der Waals surface area (Å²) in [6.07, 6.45) is 0. The van der Waals surface area contributed by atoms with E-state index in [1.54, 1.807) is 16.8 Å². The van der Waals surface area contributed by atoms with Crippen LogP contribution in [0.4, 0.5) is 0 Å². The first-order valence-electron chi connectivity index (χ1n) is 7.80. The molecule has 9 heteroatoms. The number of carbonyl (C=O) groups excluding carboxylic acids is 1. The maximum absolute atomic E-state index is 12.5. The van der Waals surface area contributed by atoms with Crippen LogP contribution < -0.4 is 5.32 Å². The smallest absolute Gasteiger partial charge is 0.233 e. The summed E-state index contributed by atoms with van der Waals surface area (Å²) in [6, 6.07) is 4.99. The molecule has 1 aromatic carbocycles. The lowest BCUT2D eigenvalue weighted by Gasteiger charge is -2.21. The summed E-state index contributed by atoms with van der Waals surface area (Å²) in [5.41, 5.74) is 0.558. The van der Waals surface area contributed by atoms with E-state index in [9.17, 15) is 4.79 Å². The Morgan fingerprint density at radius 2 is 1.96 bits per heavy atom. The van der Waals surface area contributed by atoms with Crippen molar-refractivity contribution in [3.8, 4) is 0 Å². The van der Waals surface area contributed by atoms with Gasteiger partial charge in [0.1, 0.15) is 0 Å². The topological polar surface area (TPSA) is 72.7 Å². The molecule has 1 heterocycles. The Morgan fingerprint density at radius 3 is 2.56 bits per heavy atom. The first-order valence-corrected chi connectivity index (χ1v) is 9.44. The van der Waals surface area contributed by atoms with Crippen molar-refractivity contribution < 1.29 is 4.79 Å². The Bertz CT molecular complexity index is 759. The number of hydrogen-bond donors (Lipinski definition) is 1. The van der Waals surface area contributed by atoms with Crippen molar-refractivity contribution in [3.05, 3.63) is 33.8 Å². The molecule has 25 heavy (non-hydrogen) atoms. The standard InChI is InChI=1S/C16H21Cl2N5OS/c1-9(12-7-6-11(17)8-13(12)18)19-14(24)10(2)25-15-20-21-22-23(15)16(3,4)5/h6-10H,1-5H3,(H,19,24). The summed E-state index contributed by atoms with van der Waals surface area (Å²) in [5, 5.41) is 16.0. The molecule has 0 aliphatic heterocycles. The van der Waals surface area contributed by atoms with Gasteiger partial charge in [-0.05, 0) is 62.7 Å². The molecule has 1 amide bonds. The minimum Gasteiger partial charge on any atom is -0.349 e. The van der Waals surface area contributed by atoms with Crippen LogP contribution in [-0.4, -0.2) is 31.4 Å². The van der Waals surface area contributed by atoms with Crippen molar-refractivity contribution in [2.75, 3.05) is 0 Å². The Morgan fingerprint density at radius 1 is 1.28 bits per heavy atom. The Labute approximate surface area is 161 Å². The quantitative estimate of drug-likeness (QED) is 0.763. The Balaban J connectivity index is 2.04. The van der Waals surface area contributed by atoms with Gasteiger partial charge in [0.15, 0.2) is 0 Å². The molecule has 0 radical (unpaired) electrons. The average Bonchev–Trinajstić information content (AvgIpc) is 2.95. The highest BCUT2D eigenvalue weighted by Crippen LogP contribution is 2.28. The van der Waals surface area contributed by atoms with Gasteiger partial charge in [-0.2, -0.15) is 0 Å². The molecule has 2 rings (SSSR count). The van der Waals surface area contributed by atoms with Crippen molar-refractivity contribution in [2.24, 2.45) is 0 Å². The highest BCUT2D eigenvalue weighted by Gasteiger charge is 2.25. The molecule has 0 aliphatic rings. The lowest BCUT2D eigenvalue weighted by atomic mass is 10.1. The first-order chi connectivity index (χ1) is 11.6. The molecule has 6 nitrogen and oxygen atoms in total. The normalized spacial score (nSPS) is 14.2. The summed E-state index contributed by atoms with van der Waals surface area (Å²) in [4.78, 5) is 12.5. The predicted octanol–water partition coefficient (Wildman–Crippen LogP) is 4.09. The summed E-state index contributed by atoms with van der Waals surface area (Å²) in [6.45, 7) is 9.70. The van der Waals surface area contributed by atoms with Crippen LogP contribution in [0.25, 0.3) is 0 Å². The monoisotopic (exact) mass is 401 g/mol. The van der Waals surface area contributed by atoms with Crippen LogP contribution in [0.2, 0.25) is 10.0 Å². The SMILES string of the molecule is CC(Sc1nnnn1C(C)(C)C)C(=O)NC(C)c1ccc(Cl)cc1Cl. The van der Waals surface area contributed by atoms with Crippen LogP contribution in [0.3, 0.4) is 0 Å². The van der Waals surface area contributed by atoms with E-state index in [4.69, 9.17) is 23.2 Å². The van der Waals surface area contributed by atoms with Gasteiger partial charge < -0.3 is 5.32 Å². The van der Waals surface area contributed by atoms with Crippen LogP contribution in [0.1, 0.15) is 46.2 Å². The van der Waals surface area contributed by atoms with E-state index < -0.39 is 0 Å². The minimum absolute atomic E-state index is 0.119. The average molecular weight is 402 g/mol. The third-order valence-corrected chi connectivity index (χ3v) is 5.11. The van der Waals surface area contributed by atoms with Crippen LogP contribution in [0, 0.1) is 0 Å². The van der Waals surface area contributed by atoms with Crippen LogP contribution >= 0.6 is 35.0 Å². The van der Waals surface area contributed by atoms with Gasteiger partial charge in [-0.25, -0.2) is 4.68 Å². The second kappa shape index (κ2) is 7.93. The van der Waals surface area contributed by atoms with Gasteiger partial charge in [-0.15, -0.1) is 5.10 Å². The van der Waals surface area contributed by atoms with Gasteiger partial charge in [0.05, 0.1) is 16.8 Å². The van der Waals surface area contributed by atoms with E-state index in [1.807, 2.05) is 40.7 Å². The molecule has 0 saturated heterocycles. The second-order valence-electron chi connectivity index (χ2n) is 6.70. The lowest BCUT2D eigenvalue weighted by Crippen LogP contribution is -2.33. The zero-order valence-corrected chi connectivity index (χ0v) is 17.1. The molecule has 2 unspecified atom stereocenters. The number of amides is 1. The molecular weight excluding hydrogens is 381 g/mol. The van der Waals surface area contributed by atoms with E-state index in [0.29, 0.717) is 15.2 Å². The molecule has 0 fully saturated rings. The fourth-order valence-electron chi connectivity index (χ4n) is 2.15. The number of nitrogens with one attached hydrogen (secondary N) is 1. The van der Waals surface area contributed by atoms with Gasteiger partial charge in [-0.3, -0.25) is 4.79 Å². The Hall–Kier alpha value is -1.31. The van der Waals surface area contributed by atoms with Crippen molar-refractivity contribution in [1.29, 1.82) is 0 Å². The number of carbonyl (C=O) groups is 1. The number of tetrazole rings is 1. The first kappa shape index (κ1) is 20.0. The number of rotatable bonds is 5. The molecule has 2 aromatic rings. The summed E-state index contributed by atoms with van der Waals surface area (Å²) in [5.74, 6) is -0.119. The molecule has 136 valence electrons. The molecule has 0 aliphatic carbocycles. The van der Waals surface area contributed by atoms with Gasteiger partial charge in [-0.1, -0.05) is 41.0 Å². The predicted molar refractivity (Wildman–Crippen MR) is 101 cm³/mol. The van der Waals surface area contributed by atoms with Crippen molar-refractivity contribution in [1.82, 2.24) is 25.5 Å². The number of halogens is 2. The van der Waals surface area contributed by atoms with E-state index >= 15 is 0 Å². The van der Waals surface area contributed by atoms with Gasteiger partial charge in [0, 0.05) is 10.0 Å². The third kappa shape index (κ3) is 5.09. The highest BCUT2D eigenvalue weighted by molar-refractivity contribution is 8.00. The van der Waals surface area contributed by atoms with Crippen molar-refractivity contribution >= 4 is 40.9 Å². The summed E-state index contributed by atoms with van der Waals surface area (Å²) in [7, 11) is 0. The molecule has 0 saturated carbocycles. The Kier molecular flexibility index (Phi) is 6.35. The van der Waals surface area contributed by atoms with E-state index in [1.165, 1.54) is 11.8 Å². The second-order valence-corrected chi connectivity index (χ2v) is 8.85. The third-order valence-electron chi connectivity index (χ3n) is 3.52. The molecule has 0 bridgehead atoms. The summed E-state index contributed by atoms with van der Waals surface area (Å²) >= 11 is 13.4. The van der Waals surface area contributed by atoms with E-state index in [2.05, 4.69) is 20.8 Å². The van der Waals surface area contributed by atoms with Gasteiger partial charge in [0.25, 0.3) is 0 Å². The highest BCUT2D eigenvalue weighted by atomic mass is 35.5. The summed E-state index contributed by atoms with van der Waals surface area (Å²) < 4.78 is 1.71. The van der Waals surface area contributed by atoms with Crippen LogP contribution in [0.15, 0.2) is 23.4 Å². The zero-order valence-electron chi connectivity index (χ0n) is 14.7. The fraction of sp³-hybridized carbons (Fsp3) is 0.500. The van der Waals surface area contributed by atoms with Crippen LogP contribution in [0.5, 0.6) is 0 Å². The fourth-order valence-corrected chi connectivity index (χ4v) is 3.70. The number of nitrogens with zero attached hydrogens (tertiary/aromatic N) is 4. The van der Waals surface area contributed by atoms with E-state index in [0.717, 1.165) is 5.56 Å². The maximum atomic E-state index is 12.5. The largest absolute Gasteiger partial charge is 0.349 e. The van der Waals surface area contributed by atoms with Gasteiger partial charge >= 0.3 is 0 Å². The van der Waals surface area contributed by atoms with Gasteiger partial charge in [0.2, 0.25) is 11.1 Å². The lowest BCUT2D eigenvalue weighted by molar-refractivity contribution is -0.120. The molecule has 2 atom stereocenters.